The lowest BCUT2D eigenvalue weighted by Crippen LogP contribution is -2.05. The van der Waals surface area contributed by atoms with Crippen LogP contribution in [-0.2, 0) is 6.54 Å². The van der Waals surface area contributed by atoms with E-state index in [1.165, 1.54) is 0 Å². The quantitative estimate of drug-likeness (QED) is 0.603. The van der Waals surface area contributed by atoms with E-state index in [1.807, 2.05) is 37.4 Å². The Morgan fingerprint density at radius 1 is 1.32 bits per heavy atom. The van der Waals surface area contributed by atoms with Gasteiger partial charge in [-0.05, 0) is 31.2 Å². The van der Waals surface area contributed by atoms with Crippen molar-refractivity contribution in [3.63, 3.8) is 0 Å². The Morgan fingerprint density at radius 2 is 2.05 bits per heavy atom. The molecule has 19 heavy (non-hydrogen) atoms. The fourth-order valence-electron chi connectivity index (χ4n) is 1.55. The highest BCUT2D eigenvalue weighted by Gasteiger charge is 2.06. The molecule has 1 heterocycles. The van der Waals surface area contributed by atoms with Gasteiger partial charge in [-0.3, -0.25) is 4.68 Å². The van der Waals surface area contributed by atoms with Gasteiger partial charge in [-0.1, -0.05) is 16.8 Å². The zero-order chi connectivity index (χ0) is 13.7. The van der Waals surface area contributed by atoms with Crippen molar-refractivity contribution in [3.05, 3.63) is 41.2 Å². The van der Waals surface area contributed by atoms with Crippen LogP contribution in [-0.4, -0.2) is 21.6 Å². The molecule has 0 saturated carbocycles. The van der Waals surface area contributed by atoms with Crippen molar-refractivity contribution in [3.8, 4) is 5.75 Å². The van der Waals surface area contributed by atoms with Gasteiger partial charge in [-0.2, -0.15) is 0 Å². The van der Waals surface area contributed by atoms with Crippen molar-refractivity contribution in [2.75, 3.05) is 6.61 Å². The van der Waals surface area contributed by atoms with E-state index in [9.17, 15) is 0 Å². The Hall–Kier alpha value is -1.26. The number of hydrogen-bond donors (Lipinski definition) is 0. The normalized spacial score (nSPS) is 12.4. The maximum Gasteiger partial charge on any atom is 0.119 e. The second kappa shape index (κ2) is 6.78. The lowest BCUT2D eigenvalue weighted by molar-refractivity contribution is 0.298. The van der Waals surface area contributed by atoms with Gasteiger partial charge in [0.15, 0.2) is 0 Å². The summed E-state index contributed by atoms with van der Waals surface area (Å²) in [7, 11) is 0. The first kappa shape index (κ1) is 14.2. The third-order valence-electron chi connectivity index (χ3n) is 2.58. The molecule has 6 heteroatoms. The summed E-state index contributed by atoms with van der Waals surface area (Å²) in [5, 5.41) is 8.58. The minimum absolute atomic E-state index is 0.112. The van der Waals surface area contributed by atoms with Crippen LogP contribution in [0.2, 0.25) is 5.02 Å². The summed E-state index contributed by atoms with van der Waals surface area (Å²) in [5.74, 6) is 0.818. The highest BCUT2D eigenvalue weighted by Crippen LogP contribution is 2.16. The molecule has 2 aromatic rings. The monoisotopic (exact) mass is 299 g/mol. The van der Waals surface area contributed by atoms with E-state index in [2.05, 4.69) is 10.3 Å². The molecule has 1 atom stereocenters. The van der Waals surface area contributed by atoms with Gasteiger partial charge in [0.05, 0.1) is 12.0 Å². The second-order valence-electron chi connectivity index (χ2n) is 4.18. The molecular weight excluding hydrogens is 285 g/mol. The van der Waals surface area contributed by atoms with Crippen LogP contribution in [0.3, 0.4) is 0 Å². The van der Waals surface area contributed by atoms with E-state index in [-0.39, 0.29) is 5.38 Å². The first-order valence-electron chi connectivity index (χ1n) is 6.07. The van der Waals surface area contributed by atoms with Gasteiger partial charge in [-0.25, -0.2) is 0 Å². The van der Waals surface area contributed by atoms with Crippen molar-refractivity contribution >= 4 is 23.2 Å². The number of aromatic nitrogens is 3. The minimum Gasteiger partial charge on any atom is -0.494 e. The number of ether oxygens (including phenoxy) is 1. The first-order chi connectivity index (χ1) is 9.15. The summed E-state index contributed by atoms with van der Waals surface area (Å²) in [6, 6.07) is 7.32. The summed E-state index contributed by atoms with van der Waals surface area (Å²) in [4.78, 5) is 0. The van der Waals surface area contributed by atoms with Gasteiger partial charge >= 0.3 is 0 Å². The highest BCUT2D eigenvalue weighted by atomic mass is 35.5. The van der Waals surface area contributed by atoms with E-state index < -0.39 is 0 Å². The van der Waals surface area contributed by atoms with Crippen molar-refractivity contribution in [1.29, 1.82) is 0 Å². The maximum absolute atomic E-state index is 5.92. The highest BCUT2D eigenvalue weighted by molar-refractivity contribution is 6.30. The van der Waals surface area contributed by atoms with Crippen LogP contribution < -0.4 is 4.74 Å². The SMILES string of the molecule is CC(Cl)c1cn(CCCOc2ccc(Cl)cc2)nn1. The van der Waals surface area contributed by atoms with Crippen LogP contribution in [0.25, 0.3) is 0 Å². The molecule has 0 radical (unpaired) electrons. The van der Waals surface area contributed by atoms with Crippen LogP contribution in [0, 0.1) is 0 Å². The van der Waals surface area contributed by atoms with Crippen molar-refractivity contribution in [1.82, 2.24) is 15.0 Å². The molecule has 0 bridgehead atoms. The molecule has 0 N–H and O–H groups in total. The fourth-order valence-corrected chi connectivity index (χ4v) is 1.78. The number of alkyl halides is 1. The Labute approximate surface area is 122 Å². The van der Waals surface area contributed by atoms with Crippen molar-refractivity contribution in [2.45, 2.75) is 25.3 Å². The molecule has 0 saturated heterocycles. The third-order valence-corrected chi connectivity index (χ3v) is 3.05. The van der Waals surface area contributed by atoms with E-state index in [1.54, 1.807) is 4.68 Å². The zero-order valence-electron chi connectivity index (χ0n) is 10.6. The lowest BCUT2D eigenvalue weighted by atomic mass is 10.3. The van der Waals surface area contributed by atoms with E-state index in [4.69, 9.17) is 27.9 Å². The van der Waals surface area contributed by atoms with Crippen LogP contribution in [0.4, 0.5) is 0 Å². The second-order valence-corrected chi connectivity index (χ2v) is 5.27. The number of rotatable bonds is 6. The summed E-state index contributed by atoms with van der Waals surface area (Å²) in [6.45, 7) is 3.25. The van der Waals surface area contributed by atoms with Gasteiger partial charge in [-0.15, -0.1) is 16.7 Å². The first-order valence-corrected chi connectivity index (χ1v) is 6.89. The fraction of sp³-hybridized carbons (Fsp3) is 0.385. The zero-order valence-corrected chi connectivity index (χ0v) is 12.1. The molecule has 1 aromatic carbocycles. The third kappa shape index (κ3) is 4.40. The Morgan fingerprint density at radius 3 is 2.68 bits per heavy atom. The summed E-state index contributed by atoms with van der Waals surface area (Å²) in [5.41, 5.74) is 0.792. The summed E-state index contributed by atoms with van der Waals surface area (Å²) in [6.07, 6.45) is 2.71. The van der Waals surface area contributed by atoms with Crippen LogP contribution in [0.5, 0.6) is 5.75 Å². The van der Waals surface area contributed by atoms with Crippen molar-refractivity contribution in [2.24, 2.45) is 0 Å². The molecule has 0 fully saturated rings. The van der Waals surface area contributed by atoms with Gasteiger partial charge in [0, 0.05) is 24.2 Å². The average molecular weight is 300 g/mol. The largest absolute Gasteiger partial charge is 0.494 e. The molecule has 0 aliphatic carbocycles. The predicted molar refractivity (Wildman–Crippen MR) is 75.9 cm³/mol. The van der Waals surface area contributed by atoms with E-state index >= 15 is 0 Å². The van der Waals surface area contributed by atoms with Crippen LogP contribution in [0.1, 0.15) is 24.4 Å². The molecule has 102 valence electrons. The Bertz CT molecular complexity index is 511. The van der Waals surface area contributed by atoms with E-state index in [0.717, 1.165) is 24.4 Å². The van der Waals surface area contributed by atoms with Gasteiger partial charge < -0.3 is 4.74 Å². The van der Waals surface area contributed by atoms with Gasteiger partial charge in [0.2, 0.25) is 0 Å². The summed E-state index contributed by atoms with van der Waals surface area (Å²) < 4.78 is 7.37. The molecule has 0 spiro atoms. The molecule has 1 aromatic heterocycles. The number of halogens is 2. The summed E-state index contributed by atoms with van der Waals surface area (Å²) >= 11 is 11.7. The molecule has 0 aliphatic rings. The lowest BCUT2D eigenvalue weighted by Gasteiger charge is -2.05. The predicted octanol–water partition coefficient (Wildman–Crippen LogP) is 3.70. The van der Waals surface area contributed by atoms with Crippen LogP contribution in [0.15, 0.2) is 30.5 Å². The smallest absolute Gasteiger partial charge is 0.119 e. The number of benzene rings is 1. The number of hydrogen-bond acceptors (Lipinski definition) is 3. The van der Waals surface area contributed by atoms with Crippen LogP contribution >= 0.6 is 23.2 Å². The molecule has 2 rings (SSSR count). The molecule has 0 aliphatic heterocycles. The minimum atomic E-state index is -0.112. The molecule has 0 amide bonds. The number of aryl methyl sites for hydroxylation is 1. The Kier molecular flexibility index (Phi) is 5.05. The standard InChI is InChI=1S/C13H15Cl2N3O/c1-10(14)13-9-18(17-16-13)7-2-8-19-12-5-3-11(15)4-6-12/h3-6,9-10H,2,7-8H2,1H3. The number of nitrogens with zero attached hydrogens (tertiary/aromatic N) is 3. The molecular formula is C13H15Cl2N3O. The molecule has 4 nitrogen and oxygen atoms in total. The maximum atomic E-state index is 5.92. The van der Waals surface area contributed by atoms with Crippen molar-refractivity contribution < 1.29 is 4.74 Å². The van der Waals surface area contributed by atoms with Gasteiger partial charge in [0.25, 0.3) is 0 Å². The molecule has 1 unspecified atom stereocenters. The Balaban J connectivity index is 1.72. The van der Waals surface area contributed by atoms with E-state index in [0.29, 0.717) is 11.6 Å². The van der Waals surface area contributed by atoms with Gasteiger partial charge in [0.1, 0.15) is 11.4 Å². The topological polar surface area (TPSA) is 39.9 Å². The average Bonchev–Trinajstić information content (AvgIpc) is 2.86.